The summed E-state index contributed by atoms with van der Waals surface area (Å²) in [5.41, 5.74) is 1.76. The van der Waals surface area contributed by atoms with Crippen molar-refractivity contribution in [3.8, 4) is 0 Å². The van der Waals surface area contributed by atoms with E-state index in [1.165, 1.54) is 51.4 Å². The fraction of sp³-hybridized carbons (Fsp3) is 0.733. The van der Waals surface area contributed by atoms with E-state index in [4.69, 9.17) is 4.98 Å². The van der Waals surface area contributed by atoms with Gasteiger partial charge in [0.05, 0.1) is 17.0 Å². The van der Waals surface area contributed by atoms with Crippen LogP contribution in [0.15, 0.2) is 29.1 Å². The van der Waals surface area contributed by atoms with Crippen LogP contribution in [0.3, 0.4) is 0 Å². The summed E-state index contributed by atoms with van der Waals surface area (Å²) in [6.07, 6.45) is 14.8. The number of fused-ring (bicyclic) bond motifs is 6. The van der Waals surface area contributed by atoms with Crippen molar-refractivity contribution in [3.63, 3.8) is 0 Å². The van der Waals surface area contributed by atoms with Crippen LogP contribution in [-0.4, -0.2) is 21.2 Å². The molecule has 1 aromatic carbocycles. The first kappa shape index (κ1) is 22.8. The van der Waals surface area contributed by atoms with E-state index >= 15 is 0 Å². The van der Waals surface area contributed by atoms with Crippen molar-refractivity contribution in [2.45, 2.75) is 97.0 Å². The van der Waals surface area contributed by atoms with Crippen LogP contribution in [0.1, 0.15) is 90.3 Å². The Morgan fingerprint density at radius 2 is 1.79 bits per heavy atom. The van der Waals surface area contributed by atoms with Crippen LogP contribution in [0.5, 0.6) is 0 Å². The third-order valence-electron chi connectivity index (χ3n) is 11.5. The predicted molar refractivity (Wildman–Crippen MR) is 137 cm³/mol. The van der Waals surface area contributed by atoms with Crippen molar-refractivity contribution in [1.29, 1.82) is 0 Å². The van der Waals surface area contributed by atoms with Crippen molar-refractivity contribution in [3.05, 3.63) is 40.4 Å². The van der Waals surface area contributed by atoms with Gasteiger partial charge in [0.2, 0.25) is 0 Å². The third kappa shape index (κ3) is 3.58. The molecule has 184 valence electrons. The smallest absolute Gasteiger partial charge is 0.258 e. The second-order valence-electron chi connectivity index (χ2n) is 12.8. The summed E-state index contributed by atoms with van der Waals surface area (Å²) < 4.78 is 0. The molecule has 4 fully saturated rings. The van der Waals surface area contributed by atoms with Crippen LogP contribution in [0, 0.1) is 40.4 Å². The molecular formula is C30H42N2O2. The monoisotopic (exact) mass is 462 g/mol. The fourth-order valence-corrected chi connectivity index (χ4v) is 9.59. The highest BCUT2D eigenvalue weighted by Gasteiger charge is 2.59. The zero-order valence-corrected chi connectivity index (χ0v) is 21.1. The van der Waals surface area contributed by atoms with Gasteiger partial charge in [-0.05, 0) is 123 Å². The lowest BCUT2D eigenvalue weighted by Crippen LogP contribution is -2.53. The Bertz CT molecular complexity index is 1110. The van der Waals surface area contributed by atoms with Gasteiger partial charge in [-0.2, -0.15) is 0 Å². The molecule has 34 heavy (non-hydrogen) atoms. The van der Waals surface area contributed by atoms with Crippen LogP contribution < -0.4 is 5.56 Å². The molecule has 0 amide bonds. The maximum Gasteiger partial charge on any atom is 0.258 e. The molecule has 4 aliphatic carbocycles. The number of rotatable bonds is 4. The summed E-state index contributed by atoms with van der Waals surface area (Å²) in [6.45, 7) is 5.22. The molecule has 0 radical (unpaired) electrons. The summed E-state index contributed by atoms with van der Waals surface area (Å²) in [5.74, 6) is 5.07. The summed E-state index contributed by atoms with van der Waals surface area (Å²) in [7, 11) is 0. The van der Waals surface area contributed by atoms with Gasteiger partial charge >= 0.3 is 0 Å². The summed E-state index contributed by atoms with van der Waals surface area (Å²) in [4.78, 5) is 20.2. The van der Waals surface area contributed by atoms with Crippen molar-refractivity contribution in [2.75, 3.05) is 0 Å². The number of aromatic amines is 1. The Balaban J connectivity index is 1.13. The highest BCUT2D eigenvalue weighted by atomic mass is 16.3. The molecule has 1 aromatic heterocycles. The van der Waals surface area contributed by atoms with Gasteiger partial charge in [0.15, 0.2) is 0 Å². The van der Waals surface area contributed by atoms with Crippen LogP contribution in [0.2, 0.25) is 0 Å². The minimum Gasteiger partial charge on any atom is -0.393 e. The van der Waals surface area contributed by atoms with E-state index < -0.39 is 0 Å². The largest absolute Gasteiger partial charge is 0.393 e. The Hall–Kier alpha value is -1.68. The van der Waals surface area contributed by atoms with Gasteiger partial charge < -0.3 is 10.1 Å². The van der Waals surface area contributed by atoms with Crippen molar-refractivity contribution in [2.24, 2.45) is 40.4 Å². The summed E-state index contributed by atoms with van der Waals surface area (Å²) in [5, 5.41) is 11.0. The molecule has 6 rings (SSSR count). The number of H-pyrrole nitrogens is 1. The summed E-state index contributed by atoms with van der Waals surface area (Å²) >= 11 is 0. The van der Waals surface area contributed by atoms with Crippen molar-refractivity contribution in [1.82, 2.24) is 9.97 Å². The van der Waals surface area contributed by atoms with Crippen molar-refractivity contribution < 1.29 is 5.11 Å². The van der Waals surface area contributed by atoms with E-state index in [1.807, 2.05) is 24.3 Å². The number of para-hydroxylation sites is 1. The molecule has 6 unspecified atom stereocenters. The predicted octanol–water partition coefficient (Wildman–Crippen LogP) is 6.27. The number of hydrogen-bond acceptors (Lipinski definition) is 3. The standard InChI is InChI=1S/C30H42N2O2/c1-29-17-15-25-22(12-10-20-18-21(33)14-16-30(20,25)2)24(29)13-11-19(29)6-5-9-27-31-26-8-4-3-7-23(26)28(34)32-27/h3-4,7-8,19-22,24-25,33H,5-6,9-18H2,1-2H3,(H,31,32,34)/t19-,20?,21+,22?,24?,25?,29?,30?/m0/s1. The maximum absolute atomic E-state index is 12.4. The molecule has 1 heterocycles. The number of aliphatic hydroxyl groups is 1. The molecule has 2 aromatic rings. The molecule has 0 saturated heterocycles. The minimum absolute atomic E-state index is 0.00820. The normalized spacial score (nSPS) is 41.6. The first-order valence-corrected chi connectivity index (χ1v) is 14.0. The number of benzene rings is 1. The molecule has 4 nitrogen and oxygen atoms in total. The van der Waals surface area contributed by atoms with Gasteiger partial charge in [0, 0.05) is 6.42 Å². The van der Waals surface area contributed by atoms with Crippen molar-refractivity contribution >= 4 is 10.9 Å². The highest BCUT2D eigenvalue weighted by molar-refractivity contribution is 5.77. The van der Waals surface area contributed by atoms with Crippen LogP contribution in [-0.2, 0) is 6.42 Å². The Kier molecular flexibility index (Phi) is 5.67. The zero-order valence-electron chi connectivity index (χ0n) is 21.1. The number of aromatic nitrogens is 2. The SMILES string of the molecule is CC12CC[C@@H](O)CC1CCC1C2CCC2(C)C1CC[C@@H]2CCCc1nc2ccccc2c(=O)[nH]1. The second-order valence-corrected chi connectivity index (χ2v) is 12.8. The average molecular weight is 463 g/mol. The molecule has 0 aliphatic heterocycles. The zero-order chi connectivity index (χ0) is 23.5. The van der Waals surface area contributed by atoms with Gasteiger partial charge in [-0.1, -0.05) is 26.0 Å². The molecule has 8 atom stereocenters. The highest BCUT2D eigenvalue weighted by Crippen LogP contribution is 2.67. The maximum atomic E-state index is 12.4. The van der Waals surface area contributed by atoms with Gasteiger partial charge in [0.25, 0.3) is 5.56 Å². The lowest BCUT2D eigenvalue weighted by atomic mass is 9.44. The second kappa shape index (κ2) is 8.47. The molecule has 0 spiro atoms. The first-order chi connectivity index (χ1) is 16.4. The van der Waals surface area contributed by atoms with E-state index in [1.54, 1.807) is 0 Å². The Morgan fingerprint density at radius 3 is 2.68 bits per heavy atom. The van der Waals surface area contributed by atoms with E-state index in [0.717, 1.165) is 66.6 Å². The molecule has 0 bridgehead atoms. The van der Waals surface area contributed by atoms with Crippen LogP contribution >= 0.6 is 0 Å². The minimum atomic E-state index is -0.0497. The summed E-state index contributed by atoms with van der Waals surface area (Å²) in [6, 6.07) is 7.65. The van der Waals surface area contributed by atoms with E-state index in [2.05, 4.69) is 18.8 Å². The molecule has 4 heteroatoms. The topological polar surface area (TPSA) is 66.0 Å². The Morgan fingerprint density at radius 1 is 1.00 bits per heavy atom. The average Bonchev–Trinajstić information content (AvgIpc) is 3.16. The van der Waals surface area contributed by atoms with Gasteiger partial charge in [-0.3, -0.25) is 4.79 Å². The molecule has 2 N–H and O–H groups in total. The quantitative estimate of drug-likeness (QED) is 0.563. The van der Waals surface area contributed by atoms with Crippen LogP contribution in [0.25, 0.3) is 10.9 Å². The number of nitrogens with zero attached hydrogens (tertiary/aromatic N) is 1. The van der Waals surface area contributed by atoms with E-state index in [0.29, 0.717) is 16.2 Å². The van der Waals surface area contributed by atoms with E-state index in [-0.39, 0.29) is 11.7 Å². The molecule has 4 aliphatic rings. The lowest BCUT2D eigenvalue weighted by molar-refractivity contribution is -0.126. The van der Waals surface area contributed by atoms with E-state index in [9.17, 15) is 9.90 Å². The number of nitrogens with one attached hydrogen (secondary N) is 1. The van der Waals surface area contributed by atoms with Gasteiger partial charge in [-0.25, -0.2) is 4.98 Å². The first-order valence-electron chi connectivity index (χ1n) is 14.0. The van der Waals surface area contributed by atoms with Gasteiger partial charge in [0.1, 0.15) is 5.82 Å². The lowest BCUT2D eigenvalue weighted by Gasteiger charge is -2.61. The number of aliphatic hydroxyl groups excluding tert-OH is 1. The molecule has 4 saturated carbocycles. The van der Waals surface area contributed by atoms with Crippen LogP contribution in [0.4, 0.5) is 0 Å². The Labute approximate surface area is 204 Å². The number of hydrogen-bond donors (Lipinski definition) is 2. The molecular weight excluding hydrogens is 420 g/mol. The number of aryl methyl sites for hydroxylation is 1. The third-order valence-corrected chi connectivity index (χ3v) is 11.5. The van der Waals surface area contributed by atoms with Gasteiger partial charge in [-0.15, -0.1) is 0 Å². The fourth-order valence-electron chi connectivity index (χ4n) is 9.59.